The van der Waals surface area contributed by atoms with Crippen molar-refractivity contribution in [1.82, 2.24) is 4.98 Å². The first kappa shape index (κ1) is 19.0. The molecule has 5 heteroatoms. The van der Waals surface area contributed by atoms with E-state index in [-0.39, 0.29) is 11.7 Å². The van der Waals surface area contributed by atoms with Gasteiger partial charge in [0.25, 0.3) is 0 Å². The molecule has 1 N–H and O–H groups in total. The fraction of sp³-hybridized carbons (Fsp3) is 0.125. The summed E-state index contributed by atoms with van der Waals surface area (Å²) in [4.78, 5) is 30.0. The van der Waals surface area contributed by atoms with E-state index in [4.69, 9.17) is 0 Å². The van der Waals surface area contributed by atoms with Gasteiger partial charge in [0, 0.05) is 11.1 Å². The number of para-hydroxylation sites is 1. The summed E-state index contributed by atoms with van der Waals surface area (Å²) in [6.07, 6.45) is 0. The number of nitrogens with one attached hydrogen (secondary N) is 1. The molecule has 1 amide bonds. The van der Waals surface area contributed by atoms with Crippen molar-refractivity contribution in [3.63, 3.8) is 0 Å². The fourth-order valence-electron chi connectivity index (χ4n) is 3.21. The third-order valence-corrected chi connectivity index (χ3v) is 5.86. The van der Waals surface area contributed by atoms with Crippen LogP contribution in [0.2, 0.25) is 0 Å². The molecule has 0 aliphatic heterocycles. The van der Waals surface area contributed by atoms with Gasteiger partial charge < -0.3 is 5.32 Å². The Hall–Kier alpha value is -3.31. The normalized spacial score (nSPS) is 11.9. The molecule has 0 spiro atoms. The summed E-state index contributed by atoms with van der Waals surface area (Å²) in [6, 6.07) is 22.4. The van der Waals surface area contributed by atoms with Gasteiger partial charge in [0.05, 0.1) is 16.1 Å². The second-order valence-corrected chi connectivity index (χ2v) is 8.00. The van der Waals surface area contributed by atoms with E-state index in [1.807, 2.05) is 62.4 Å². The minimum absolute atomic E-state index is 0.0540. The molecule has 0 aliphatic carbocycles. The van der Waals surface area contributed by atoms with Gasteiger partial charge in [-0.15, -0.1) is 0 Å². The highest BCUT2D eigenvalue weighted by molar-refractivity contribution is 7.22. The van der Waals surface area contributed by atoms with Crippen LogP contribution in [0.4, 0.5) is 5.13 Å². The Morgan fingerprint density at radius 1 is 0.931 bits per heavy atom. The van der Waals surface area contributed by atoms with Gasteiger partial charge in [-0.2, -0.15) is 0 Å². The van der Waals surface area contributed by atoms with E-state index in [2.05, 4.69) is 10.3 Å². The summed E-state index contributed by atoms with van der Waals surface area (Å²) in [7, 11) is 0. The zero-order chi connectivity index (χ0) is 20.4. The van der Waals surface area contributed by atoms with E-state index < -0.39 is 5.92 Å². The summed E-state index contributed by atoms with van der Waals surface area (Å²) in [5, 5.41) is 3.51. The second-order valence-electron chi connectivity index (χ2n) is 6.97. The highest BCUT2D eigenvalue weighted by Gasteiger charge is 2.19. The number of benzene rings is 3. The zero-order valence-corrected chi connectivity index (χ0v) is 17.0. The van der Waals surface area contributed by atoms with Gasteiger partial charge in [0.15, 0.2) is 10.9 Å². The molecule has 0 radical (unpaired) electrons. The lowest BCUT2D eigenvalue weighted by Crippen LogP contribution is -2.19. The lowest BCUT2D eigenvalue weighted by atomic mass is 9.95. The molecule has 0 saturated carbocycles. The second kappa shape index (κ2) is 7.97. The van der Waals surface area contributed by atoms with Gasteiger partial charge in [-0.1, -0.05) is 72.0 Å². The number of rotatable bonds is 5. The van der Waals surface area contributed by atoms with Crippen molar-refractivity contribution >= 4 is 38.4 Å². The summed E-state index contributed by atoms with van der Waals surface area (Å²) >= 11 is 1.46. The molecular formula is C24H20N2O2S. The summed E-state index contributed by atoms with van der Waals surface area (Å²) < 4.78 is 1.04. The van der Waals surface area contributed by atoms with Crippen molar-refractivity contribution in [1.29, 1.82) is 0 Å². The molecule has 4 aromatic rings. The van der Waals surface area contributed by atoms with Crippen LogP contribution in [0, 0.1) is 6.92 Å². The summed E-state index contributed by atoms with van der Waals surface area (Å²) in [5.41, 5.74) is 3.99. The summed E-state index contributed by atoms with van der Waals surface area (Å²) in [6.45, 7) is 3.84. The van der Waals surface area contributed by atoms with Crippen molar-refractivity contribution in [3.8, 4) is 0 Å². The first-order valence-electron chi connectivity index (χ1n) is 9.39. The van der Waals surface area contributed by atoms with Gasteiger partial charge >= 0.3 is 0 Å². The number of amides is 1. The third-order valence-electron chi connectivity index (χ3n) is 4.93. The van der Waals surface area contributed by atoms with Crippen molar-refractivity contribution in [3.05, 3.63) is 95.1 Å². The predicted octanol–water partition coefficient (Wildman–Crippen LogP) is 5.58. The predicted molar refractivity (Wildman–Crippen MR) is 118 cm³/mol. The highest BCUT2D eigenvalue weighted by atomic mass is 32.1. The molecule has 3 aromatic carbocycles. The number of thiazole rings is 1. The van der Waals surface area contributed by atoms with Crippen LogP contribution in [0.5, 0.6) is 0 Å². The van der Waals surface area contributed by atoms with Gasteiger partial charge in [0.2, 0.25) is 5.91 Å². The van der Waals surface area contributed by atoms with E-state index in [0.717, 1.165) is 21.3 Å². The van der Waals surface area contributed by atoms with E-state index >= 15 is 0 Å². The number of nitrogens with zero attached hydrogens (tertiary/aromatic N) is 1. The smallest absolute Gasteiger partial charge is 0.233 e. The first-order chi connectivity index (χ1) is 14.0. The molecule has 1 atom stereocenters. The number of ketones is 1. The van der Waals surface area contributed by atoms with Gasteiger partial charge in [-0.05, 0) is 37.1 Å². The minimum atomic E-state index is -0.411. The van der Waals surface area contributed by atoms with Crippen LogP contribution >= 0.6 is 11.3 Å². The molecular weight excluding hydrogens is 380 g/mol. The average Bonchev–Trinajstić information content (AvgIpc) is 3.17. The molecule has 4 rings (SSSR count). The first-order valence-corrected chi connectivity index (χ1v) is 10.2. The molecule has 1 aromatic heterocycles. The molecule has 144 valence electrons. The fourth-order valence-corrected chi connectivity index (χ4v) is 4.16. The average molecular weight is 401 g/mol. The topological polar surface area (TPSA) is 59.1 Å². The van der Waals surface area contributed by atoms with Gasteiger partial charge in [-0.3, -0.25) is 9.59 Å². The van der Waals surface area contributed by atoms with Gasteiger partial charge in [0.1, 0.15) is 0 Å². The number of hydrogen-bond donors (Lipinski definition) is 1. The van der Waals surface area contributed by atoms with Gasteiger partial charge in [-0.25, -0.2) is 4.98 Å². The maximum atomic E-state index is 12.8. The molecule has 1 heterocycles. The standard InChI is InChI=1S/C24H20N2O2S/c1-15-8-6-13-20-21(15)25-24(29-20)26-23(28)16(2)18-11-7-12-19(14-18)22(27)17-9-4-3-5-10-17/h3-14,16H,1-2H3,(H,25,26,28)/t16-/m0/s1. The summed E-state index contributed by atoms with van der Waals surface area (Å²) in [5.74, 6) is -0.612. The SMILES string of the molecule is Cc1cccc2sc(NC(=O)[C@@H](C)c3cccc(C(=O)c4ccccc4)c3)nc12. The van der Waals surface area contributed by atoms with Crippen LogP contribution < -0.4 is 5.32 Å². The Labute approximate surface area is 173 Å². The molecule has 0 fully saturated rings. The molecule has 0 bridgehead atoms. The Balaban J connectivity index is 1.54. The van der Waals surface area contributed by atoms with E-state index in [9.17, 15) is 9.59 Å². The van der Waals surface area contributed by atoms with Crippen molar-refractivity contribution < 1.29 is 9.59 Å². The Morgan fingerprint density at radius 2 is 1.66 bits per heavy atom. The number of hydrogen-bond acceptors (Lipinski definition) is 4. The van der Waals surface area contributed by atoms with Crippen LogP contribution in [0.1, 0.15) is 39.9 Å². The molecule has 0 unspecified atom stereocenters. The largest absolute Gasteiger partial charge is 0.301 e. The highest BCUT2D eigenvalue weighted by Crippen LogP contribution is 2.29. The van der Waals surface area contributed by atoms with Crippen LogP contribution in [-0.2, 0) is 4.79 Å². The quantitative estimate of drug-likeness (QED) is 0.445. The number of carbonyl (C=O) groups excluding carboxylic acids is 2. The number of aryl methyl sites for hydroxylation is 1. The number of aromatic nitrogens is 1. The molecule has 29 heavy (non-hydrogen) atoms. The maximum absolute atomic E-state index is 12.8. The van der Waals surface area contributed by atoms with Crippen LogP contribution in [-0.4, -0.2) is 16.7 Å². The van der Waals surface area contributed by atoms with E-state index in [0.29, 0.717) is 16.3 Å². The minimum Gasteiger partial charge on any atom is -0.301 e. The lowest BCUT2D eigenvalue weighted by Gasteiger charge is -2.12. The zero-order valence-electron chi connectivity index (χ0n) is 16.2. The van der Waals surface area contributed by atoms with Crippen molar-refractivity contribution in [2.24, 2.45) is 0 Å². The number of anilines is 1. The monoisotopic (exact) mass is 400 g/mol. The van der Waals surface area contributed by atoms with Crippen LogP contribution in [0.3, 0.4) is 0 Å². The van der Waals surface area contributed by atoms with E-state index in [1.54, 1.807) is 24.3 Å². The Kier molecular flexibility index (Phi) is 5.23. The number of fused-ring (bicyclic) bond motifs is 1. The molecule has 0 aliphatic rings. The third kappa shape index (κ3) is 3.96. The van der Waals surface area contributed by atoms with Crippen molar-refractivity contribution in [2.75, 3.05) is 5.32 Å². The lowest BCUT2D eigenvalue weighted by molar-refractivity contribution is -0.117. The Morgan fingerprint density at radius 3 is 2.41 bits per heavy atom. The van der Waals surface area contributed by atoms with Crippen molar-refractivity contribution in [2.45, 2.75) is 19.8 Å². The van der Waals surface area contributed by atoms with Crippen LogP contribution in [0.15, 0.2) is 72.8 Å². The number of carbonyl (C=O) groups is 2. The molecule has 4 nitrogen and oxygen atoms in total. The van der Waals surface area contributed by atoms with Crippen LogP contribution in [0.25, 0.3) is 10.2 Å². The Bertz CT molecular complexity index is 1200. The molecule has 0 saturated heterocycles. The maximum Gasteiger partial charge on any atom is 0.233 e. The van der Waals surface area contributed by atoms with E-state index in [1.165, 1.54) is 11.3 Å².